The van der Waals surface area contributed by atoms with Crippen LogP contribution in [0.4, 0.5) is 5.82 Å². The fourth-order valence-corrected chi connectivity index (χ4v) is 1.73. The fraction of sp³-hybridized carbons (Fsp3) is 0.533. The first-order valence-electron chi connectivity index (χ1n) is 6.66. The highest BCUT2D eigenvalue weighted by molar-refractivity contribution is 5.81. The van der Waals surface area contributed by atoms with Crippen molar-refractivity contribution in [2.75, 3.05) is 18.4 Å². The molecule has 0 saturated carbocycles. The van der Waals surface area contributed by atoms with E-state index in [-0.39, 0.29) is 5.91 Å². The van der Waals surface area contributed by atoms with Gasteiger partial charge in [-0.15, -0.1) is 0 Å². The molecule has 0 aliphatic heterocycles. The van der Waals surface area contributed by atoms with Crippen LogP contribution in [0.25, 0.3) is 0 Å². The van der Waals surface area contributed by atoms with E-state index in [1.165, 1.54) is 0 Å². The summed E-state index contributed by atoms with van der Waals surface area (Å²) in [5.41, 5.74) is 1.93. The molecule has 108 valence electrons. The number of carbonyl (C=O) groups is 1. The second-order valence-corrected chi connectivity index (χ2v) is 5.85. The summed E-state index contributed by atoms with van der Waals surface area (Å²) < 4.78 is 0. The lowest BCUT2D eigenvalue weighted by Gasteiger charge is -2.18. The van der Waals surface area contributed by atoms with E-state index in [4.69, 9.17) is 5.26 Å². The van der Waals surface area contributed by atoms with Crippen LogP contribution < -0.4 is 10.6 Å². The second-order valence-electron chi connectivity index (χ2n) is 5.85. The average Bonchev–Trinajstić information content (AvgIpc) is 2.32. The van der Waals surface area contributed by atoms with Crippen molar-refractivity contribution < 1.29 is 4.79 Å². The Morgan fingerprint density at radius 3 is 2.55 bits per heavy atom. The SMILES string of the molecule is Cc1cc(C)c(C#N)c(NCCNC(=O)C(C)(C)C)n1. The number of aryl methyl sites for hydroxylation is 2. The molecule has 5 heteroatoms. The van der Waals surface area contributed by atoms with Gasteiger partial charge in [0.15, 0.2) is 0 Å². The number of hydrogen-bond acceptors (Lipinski definition) is 4. The van der Waals surface area contributed by atoms with Crippen molar-refractivity contribution in [1.29, 1.82) is 5.26 Å². The van der Waals surface area contributed by atoms with Crippen LogP contribution in [0.1, 0.15) is 37.6 Å². The van der Waals surface area contributed by atoms with Crippen molar-refractivity contribution in [1.82, 2.24) is 10.3 Å². The van der Waals surface area contributed by atoms with Crippen molar-refractivity contribution in [3.05, 3.63) is 22.9 Å². The summed E-state index contributed by atoms with van der Waals surface area (Å²) in [5.74, 6) is 0.586. The predicted octanol–water partition coefficient (Wildman–Crippen LogP) is 2.14. The van der Waals surface area contributed by atoms with Gasteiger partial charge in [0.2, 0.25) is 5.91 Å². The molecule has 1 aromatic rings. The molecule has 1 aromatic heterocycles. The van der Waals surface area contributed by atoms with Gasteiger partial charge in [0, 0.05) is 24.2 Å². The Kier molecular flexibility index (Phi) is 5.09. The van der Waals surface area contributed by atoms with Gasteiger partial charge in [-0.05, 0) is 25.5 Å². The number of aromatic nitrogens is 1. The minimum absolute atomic E-state index is 0.00758. The largest absolute Gasteiger partial charge is 0.367 e. The quantitative estimate of drug-likeness (QED) is 0.825. The van der Waals surface area contributed by atoms with E-state index in [9.17, 15) is 4.79 Å². The standard InChI is InChI=1S/C15H22N4O/c1-10-8-11(2)19-13(12(10)9-16)17-6-7-18-14(20)15(3,4)5/h8H,6-7H2,1-5H3,(H,17,19)(H,18,20). The number of anilines is 1. The van der Waals surface area contributed by atoms with Crippen molar-refractivity contribution in [2.24, 2.45) is 5.41 Å². The molecular formula is C15H22N4O. The van der Waals surface area contributed by atoms with E-state index in [0.29, 0.717) is 24.5 Å². The molecule has 0 spiro atoms. The highest BCUT2D eigenvalue weighted by atomic mass is 16.2. The summed E-state index contributed by atoms with van der Waals surface area (Å²) in [4.78, 5) is 16.0. The van der Waals surface area contributed by atoms with Crippen LogP contribution in [0.5, 0.6) is 0 Å². The molecule has 0 atom stereocenters. The van der Waals surface area contributed by atoms with Gasteiger partial charge in [-0.3, -0.25) is 4.79 Å². The molecule has 0 saturated heterocycles. The Morgan fingerprint density at radius 2 is 2.00 bits per heavy atom. The Bertz CT molecular complexity index is 538. The molecule has 2 N–H and O–H groups in total. The van der Waals surface area contributed by atoms with Gasteiger partial charge in [-0.1, -0.05) is 20.8 Å². The maximum absolute atomic E-state index is 11.7. The molecule has 0 aliphatic carbocycles. The molecule has 0 aromatic carbocycles. The van der Waals surface area contributed by atoms with Crippen molar-refractivity contribution >= 4 is 11.7 Å². The van der Waals surface area contributed by atoms with Gasteiger partial charge in [-0.2, -0.15) is 5.26 Å². The van der Waals surface area contributed by atoms with Crippen LogP contribution in [-0.2, 0) is 4.79 Å². The summed E-state index contributed by atoms with van der Waals surface area (Å²) in [7, 11) is 0. The van der Waals surface area contributed by atoms with E-state index < -0.39 is 5.41 Å². The van der Waals surface area contributed by atoms with Gasteiger partial charge in [-0.25, -0.2) is 4.98 Å². The Morgan fingerprint density at radius 1 is 1.35 bits per heavy atom. The zero-order valence-electron chi connectivity index (χ0n) is 12.8. The van der Waals surface area contributed by atoms with Gasteiger partial charge in [0.25, 0.3) is 0 Å². The van der Waals surface area contributed by atoms with Crippen molar-refractivity contribution in [2.45, 2.75) is 34.6 Å². The minimum Gasteiger partial charge on any atom is -0.367 e. The van der Waals surface area contributed by atoms with Gasteiger partial charge in [0.1, 0.15) is 11.9 Å². The molecule has 1 heterocycles. The molecule has 20 heavy (non-hydrogen) atoms. The average molecular weight is 274 g/mol. The first-order chi connectivity index (χ1) is 9.25. The van der Waals surface area contributed by atoms with Crippen LogP contribution in [0.3, 0.4) is 0 Å². The lowest BCUT2D eigenvalue weighted by atomic mass is 9.96. The number of rotatable bonds is 4. The predicted molar refractivity (Wildman–Crippen MR) is 79.4 cm³/mol. The van der Waals surface area contributed by atoms with Gasteiger partial charge >= 0.3 is 0 Å². The third kappa shape index (κ3) is 4.23. The summed E-state index contributed by atoms with van der Waals surface area (Å²) in [5, 5.41) is 15.1. The molecule has 1 rings (SSSR count). The maximum atomic E-state index is 11.7. The fourth-order valence-electron chi connectivity index (χ4n) is 1.73. The highest BCUT2D eigenvalue weighted by Crippen LogP contribution is 2.17. The van der Waals surface area contributed by atoms with Gasteiger partial charge in [0.05, 0.1) is 5.56 Å². The number of nitrogens with one attached hydrogen (secondary N) is 2. The molecular weight excluding hydrogens is 252 g/mol. The molecule has 1 amide bonds. The molecule has 0 unspecified atom stereocenters. The summed E-state index contributed by atoms with van der Waals surface area (Å²) in [6.07, 6.45) is 0. The minimum atomic E-state index is -0.393. The zero-order valence-corrected chi connectivity index (χ0v) is 12.8. The van der Waals surface area contributed by atoms with Crippen LogP contribution in [0.15, 0.2) is 6.07 Å². The van der Waals surface area contributed by atoms with Crippen LogP contribution in [0, 0.1) is 30.6 Å². The Hall–Kier alpha value is -2.09. The lowest BCUT2D eigenvalue weighted by Crippen LogP contribution is -2.37. The van der Waals surface area contributed by atoms with Crippen LogP contribution in [-0.4, -0.2) is 24.0 Å². The molecule has 0 bridgehead atoms. The number of nitriles is 1. The number of nitrogens with zero attached hydrogens (tertiary/aromatic N) is 2. The highest BCUT2D eigenvalue weighted by Gasteiger charge is 2.20. The normalized spacial score (nSPS) is 10.8. The smallest absolute Gasteiger partial charge is 0.225 e. The molecule has 0 radical (unpaired) electrons. The Balaban J connectivity index is 2.60. The zero-order chi connectivity index (χ0) is 15.3. The van der Waals surface area contributed by atoms with Gasteiger partial charge < -0.3 is 10.6 Å². The van der Waals surface area contributed by atoms with E-state index >= 15 is 0 Å². The molecule has 0 aliphatic rings. The van der Waals surface area contributed by atoms with Crippen LogP contribution in [0.2, 0.25) is 0 Å². The number of amides is 1. The van der Waals surface area contributed by atoms with E-state index in [1.807, 2.05) is 40.7 Å². The van der Waals surface area contributed by atoms with Crippen molar-refractivity contribution in [3.8, 4) is 6.07 Å². The van der Waals surface area contributed by atoms with Crippen LogP contribution >= 0.6 is 0 Å². The topological polar surface area (TPSA) is 77.8 Å². The lowest BCUT2D eigenvalue weighted by molar-refractivity contribution is -0.128. The maximum Gasteiger partial charge on any atom is 0.225 e. The first-order valence-corrected chi connectivity index (χ1v) is 6.66. The van der Waals surface area contributed by atoms with Crippen molar-refractivity contribution in [3.63, 3.8) is 0 Å². The summed E-state index contributed by atoms with van der Waals surface area (Å²) in [6, 6.07) is 4.03. The number of carbonyl (C=O) groups excluding carboxylic acids is 1. The number of hydrogen-bond donors (Lipinski definition) is 2. The number of pyridine rings is 1. The molecule has 5 nitrogen and oxygen atoms in total. The summed E-state index contributed by atoms with van der Waals surface area (Å²) >= 11 is 0. The first kappa shape index (κ1) is 16.0. The third-order valence-electron chi connectivity index (χ3n) is 2.84. The Labute approximate surface area is 120 Å². The van der Waals surface area contributed by atoms with E-state index in [1.54, 1.807) is 0 Å². The van der Waals surface area contributed by atoms with E-state index in [0.717, 1.165) is 11.3 Å². The van der Waals surface area contributed by atoms with E-state index in [2.05, 4.69) is 21.7 Å². The molecule has 0 fully saturated rings. The second kappa shape index (κ2) is 6.38. The monoisotopic (exact) mass is 274 g/mol. The third-order valence-corrected chi connectivity index (χ3v) is 2.84. The summed E-state index contributed by atoms with van der Waals surface area (Å²) in [6.45, 7) is 10.4.